The normalized spacial score (nSPS) is 11.6. The Kier molecular flexibility index (Phi) is 7.39. The van der Waals surface area contributed by atoms with Crippen molar-refractivity contribution in [1.82, 2.24) is 4.31 Å². The molecule has 0 saturated carbocycles. The molecule has 0 aliphatic rings. The van der Waals surface area contributed by atoms with Crippen molar-refractivity contribution in [2.24, 2.45) is 0 Å². The van der Waals surface area contributed by atoms with Gasteiger partial charge in [0.25, 0.3) is 0 Å². The number of sulfonamides is 1. The maximum Gasteiger partial charge on any atom is 0.341 e. The van der Waals surface area contributed by atoms with E-state index in [-0.39, 0.29) is 33.0 Å². The Morgan fingerprint density at radius 3 is 2.41 bits per heavy atom. The zero-order chi connectivity index (χ0) is 25.2. The van der Waals surface area contributed by atoms with E-state index in [9.17, 15) is 26.4 Å². The lowest BCUT2D eigenvalue weighted by molar-refractivity contribution is -0.139. The van der Waals surface area contributed by atoms with E-state index in [1.165, 1.54) is 19.2 Å². The van der Waals surface area contributed by atoms with Gasteiger partial charge in [0.1, 0.15) is 23.2 Å². The first kappa shape index (κ1) is 25.3. The Balaban J connectivity index is 2.04. The first-order valence-corrected chi connectivity index (χ1v) is 11.3. The highest BCUT2D eigenvalue weighted by atomic mass is 35.5. The number of nitrogens with two attached hydrogens (primary N) is 1. The molecule has 0 fully saturated rings. The lowest BCUT2D eigenvalue weighted by Crippen LogP contribution is -2.27. The van der Waals surface area contributed by atoms with Gasteiger partial charge in [0.05, 0.1) is 9.92 Å². The van der Waals surface area contributed by atoms with E-state index in [0.717, 1.165) is 40.7 Å². The number of aliphatic carboxylic acids is 1. The van der Waals surface area contributed by atoms with E-state index in [1.54, 1.807) is 0 Å². The SMILES string of the molecule is CN(Cc1cc(-c2cc(N)cc(F)c2)c(OCC(=O)O)cc1F)S(=O)(=O)c1ccc(F)c(Cl)c1. The van der Waals surface area contributed by atoms with Gasteiger partial charge < -0.3 is 15.6 Å². The van der Waals surface area contributed by atoms with Crippen LogP contribution in [0.2, 0.25) is 5.02 Å². The van der Waals surface area contributed by atoms with Crippen LogP contribution in [0.15, 0.2) is 53.4 Å². The third-order valence-electron chi connectivity index (χ3n) is 4.72. The Morgan fingerprint density at radius 2 is 1.79 bits per heavy atom. The molecule has 3 rings (SSSR count). The lowest BCUT2D eigenvalue weighted by atomic mass is 10.0. The molecule has 0 spiro atoms. The van der Waals surface area contributed by atoms with Crippen LogP contribution in [0.1, 0.15) is 5.56 Å². The highest BCUT2D eigenvalue weighted by Gasteiger charge is 2.24. The van der Waals surface area contributed by atoms with Crippen LogP contribution >= 0.6 is 11.6 Å². The van der Waals surface area contributed by atoms with Gasteiger partial charge in [-0.2, -0.15) is 4.31 Å². The molecule has 0 aliphatic carbocycles. The monoisotopic (exact) mass is 514 g/mol. The summed E-state index contributed by atoms with van der Waals surface area (Å²) in [5.41, 5.74) is 5.88. The molecule has 3 aromatic carbocycles. The molecule has 34 heavy (non-hydrogen) atoms. The van der Waals surface area contributed by atoms with E-state index in [4.69, 9.17) is 27.2 Å². The van der Waals surface area contributed by atoms with E-state index in [2.05, 4.69) is 0 Å². The van der Waals surface area contributed by atoms with Gasteiger partial charge in [0.2, 0.25) is 10.0 Å². The minimum absolute atomic E-state index is 0.0537. The highest BCUT2D eigenvalue weighted by Crippen LogP contribution is 2.35. The molecule has 0 aromatic heterocycles. The Morgan fingerprint density at radius 1 is 1.09 bits per heavy atom. The van der Waals surface area contributed by atoms with Crippen LogP contribution in [0.3, 0.4) is 0 Å². The van der Waals surface area contributed by atoms with Crippen molar-refractivity contribution in [3.05, 3.63) is 76.6 Å². The van der Waals surface area contributed by atoms with Gasteiger partial charge in [-0.25, -0.2) is 26.4 Å². The summed E-state index contributed by atoms with van der Waals surface area (Å²) in [6.07, 6.45) is 0. The van der Waals surface area contributed by atoms with Gasteiger partial charge in [-0.05, 0) is 48.0 Å². The standard InChI is InChI=1S/C22H18ClF3N2O5S/c1-28(34(31,32)16-2-3-19(25)18(23)8-16)10-13-6-17(12-4-14(24)7-15(27)5-12)21(9-20(13)26)33-11-22(29)30/h2-9H,10-11,27H2,1H3,(H,29,30). The number of hydrogen-bond acceptors (Lipinski definition) is 5. The predicted molar refractivity (Wildman–Crippen MR) is 119 cm³/mol. The number of benzene rings is 3. The third-order valence-corrected chi connectivity index (χ3v) is 6.81. The summed E-state index contributed by atoms with van der Waals surface area (Å²) in [5.74, 6) is -3.92. The zero-order valence-corrected chi connectivity index (χ0v) is 19.1. The quantitative estimate of drug-likeness (QED) is 0.434. The molecule has 12 heteroatoms. The number of nitrogen functional groups attached to an aromatic ring is 1. The molecule has 0 amide bonds. The summed E-state index contributed by atoms with van der Waals surface area (Å²) >= 11 is 5.68. The highest BCUT2D eigenvalue weighted by molar-refractivity contribution is 7.89. The molecule has 3 N–H and O–H groups in total. The number of ether oxygens (including phenoxy) is 1. The molecule has 180 valence electrons. The van der Waals surface area contributed by atoms with Crippen molar-refractivity contribution >= 4 is 33.3 Å². The molecule has 7 nitrogen and oxygen atoms in total. The smallest absolute Gasteiger partial charge is 0.341 e. The van der Waals surface area contributed by atoms with E-state index in [1.807, 2.05) is 0 Å². The van der Waals surface area contributed by atoms with Crippen molar-refractivity contribution in [3.63, 3.8) is 0 Å². The fourth-order valence-electron chi connectivity index (χ4n) is 3.12. The maximum atomic E-state index is 14.9. The first-order valence-electron chi connectivity index (χ1n) is 9.53. The van der Waals surface area contributed by atoms with Gasteiger partial charge in [-0.15, -0.1) is 0 Å². The van der Waals surface area contributed by atoms with Gasteiger partial charge >= 0.3 is 5.97 Å². The fourth-order valence-corrected chi connectivity index (χ4v) is 4.54. The fraction of sp³-hybridized carbons (Fsp3) is 0.136. The molecular formula is C22H18ClF3N2O5S. The van der Waals surface area contributed by atoms with Crippen LogP contribution in [-0.2, 0) is 21.4 Å². The molecule has 0 atom stereocenters. The minimum atomic E-state index is -4.19. The number of nitrogens with zero attached hydrogens (tertiary/aromatic N) is 1. The van der Waals surface area contributed by atoms with Crippen LogP contribution < -0.4 is 10.5 Å². The Labute approximate surface area is 198 Å². The largest absolute Gasteiger partial charge is 0.481 e. The van der Waals surface area contributed by atoms with Crippen LogP contribution in [0.5, 0.6) is 5.75 Å². The molecule has 0 heterocycles. The maximum absolute atomic E-state index is 14.9. The van der Waals surface area contributed by atoms with Crippen LogP contribution in [0.25, 0.3) is 11.1 Å². The second-order valence-electron chi connectivity index (χ2n) is 7.23. The minimum Gasteiger partial charge on any atom is -0.481 e. The van der Waals surface area contributed by atoms with E-state index < -0.39 is 51.6 Å². The van der Waals surface area contributed by atoms with Gasteiger partial charge in [0, 0.05) is 36.5 Å². The average Bonchev–Trinajstić information content (AvgIpc) is 2.74. The van der Waals surface area contributed by atoms with Gasteiger partial charge in [-0.3, -0.25) is 0 Å². The topological polar surface area (TPSA) is 110 Å². The second kappa shape index (κ2) is 9.92. The summed E-state index contributed by atoms with van der Waals surface area (Å²) in [5, 5.41) is 8.50. The predicted octanol–water partition coefficient (Wildman–Crippen LogP) is 4.29. The van der Waals surface area contributed by atoms with Gasteiger partial charge in [-0.1, -0.05) is 11.6 Å². The third kappa shape index (κ3) is 5.61. The zero-order valence-electron chi connectivity index (χ0n) is 17.6. The van der Waals surface area contributed by atoms with E-state index >= 15 is 0 Å². The summed E-state index contributed by atoms with van der Waals surface area (Å²) in [6.45, 7) is -1.27. The number of carboxylic acid groups (broad SMARTS) is 1. The number of carbonyl (C=O) groups is 1. The Hall–Kier alpha value is -3.28. The number of carboxylic acids is 1. The van der Waals surface area contributed by atoms with Crippen molar-refractivity contribution in [1.29, 1.82) is 0 Å². The number of hydrogen-bond donors (Lipinski definition) is 2. The molecule has 0 saturated heterocycles. The van der Waals surface area contributed by atoms with Crippen molar-refractivity contribution in [2.75, 3.05) is 19.4 Å². The molecule has 0 aliphatic heterocycles. The van der Waals surface area contributed by atoms with Crippen LogP contribution in [0, 0.1) is 17.5 Å². The van der Waals surface area contributed by atoms with Crippen molar-refractivity contribution < 1.29 is 36.2 Å². The van der Waals surface area contributed by atoms with Crippen molar-refractivity contribution in [2.45, 2.75) is 11.4 Å². The Bertz CT molecular complexity index is 1350. The van der Waals surface area contributed by atoms with Crippen molar-refractivity contribution in [3.8, 4) is 16.9 Å². The van der Waals surface area contributed by atoms with Crippen LogP contribution in [-0.4, -0.2) is 37.5 Å². The average molecular weight is 515 g/mol. The number of halogens is 4. The first-order chi connectivity index (χ1) is 15.9. The second-order valence-corrected chi connectivity index (χ2v) is 9.68. The molecule has 3 aromatic rings. The van der Waals surface area contributed by atoms with Crippen LogP contribution in [0.4, 0.5) is 18.9 Å². The molecule has 0 unspecified atom stereocenters. The number of anilines is 1. The summed E-state index contributed by atoms with van der Waals surface area (Å²) in [4.78, 5) is 10.6. The van der Waals surface area contributed by atoms with Gasteiger partial charge in [0.15, 0.2) is 6.61 Å². The molecule has 0 radical (unpaired) electrons. The van der Waals surface area contributed by atoms with E-state index in [0.29, 0.717) is 0 Å². The molecule has 0 bridgehead atoms. The summed E-state index contributed by atoms with van der Waals surface area (Å²) in [6, 6.07) is 8.45. The summed E-state index contributed by atoms with van der Waals surface area (Å²) < 4.78 is 73.9. The molecular weight excluding hydrogens is 497 g/mol. The number of rotatable bonds is 8. The lowest BCUT2D eigenvalue weighted by Gasteiger charge is -2.20. The summed E-state index contributed by atoms with van der Waals surface area (Å²) in [7, 11) is -3.01.